The predicted octanol–water partition coefficient (Wildman–Crippen LogP) is 4.76. The highest BCUT2D eigenvalue weighted by Crippen LogP contribution is 2.36. The molecule has 152 valence electrons. The molecule has 28 heavy (non-hydrogen) atoms. The third kappa shape index (κ3) is 5.25. The summed E-state index contributed by atoms with van der Waals surface area (Å²) in [6.07, 6.45) is 3.02. The van der Waals surface area contributed by atoms with Crippen LogP contribution in [0.5, 0.6) is 0 Å². The standard InChI is InChI=1S/C21H28ClN3O2S/c1-21(2,3)27-20(26)25-12-10-17-19(24-18(28-17)5-4-11-23)16(25)13-14-6-8-15(22)9-7-14/h6-9,16H,4-5,10-13,23H2,1-3H3. The Bertz CT molecular complexity index is 814. The molecule has 5 nitrogen and oxygen atoms in total. The molecule has 0 bridgehead atoms. The third-order valence-electron chi connectivity index (χ3n) is 4.61. The number of amides is 1. The second-order valence-corrected chi connectivity index (χ2v) is 9.68. The molecule has 0 radical (unpaired) electrons. The van der Waals surface area contributed by atoms with Crippen LogP contribution in [-0.2, 0) is 24.0 Å². The van der Waals surface area contributed by atoms with Crippen molar-refractivity contribution < 1.29 is 9.53 Å². The van der Waals surface area contributed by atoms with E-state index in [0.717, 1.165) is 35.5 Å². The number of nitrogens with two attached hydrogens (primary N) is 1. The quantitative estimate of drug-likeness (QED) is 0.755. The van der Waals surface area contributed by atoms with Gasteiger partial charge in [0, 0.05) is 29.3 Å². The average Bonchev–Trinajstić information content (AvgIpc) is 3.04. The number of fused-ring (bicyclic) bond motifs is 1. The Morgan fingerprint density at radius 3 is 2.71 bits per heavy atom. The number of benzene rings is 1. The molecule has 3 rings (SSSR count). The number of carbonyl (C=O) groups is 1. The molecule has 1 aromatic heterocycles. The molecular formula is C21H28ClN3O2S. The summed E-state index contributed by atoms with van der Waals surface area (Å²) in [5.41, 5.74) is 7.25. The summed E-state index contributed by atoms with van der Waals surface area (Å²) in [4.78, 5) is 20.9. The molecule has 0 saturated heterocycles. The van der Waals surface area contributed by atoms with Gasteiger partial charge in [0.25, 0.3) is 0 Å². The number of carbonyl (C=O) groups excluding carboxylic acids is 1. The molecular weight excluding hydrogens is 394 g/mol. The molecule has 0 fully saturated rings. The molecule has 2 heterocycles. The van der Waals surface area contributed by atoms with Gasteiger partial charge in [0.05, 0.1) is 16.7 Å². The van der Waals surface area contributed by atoms with Gasteiger partial charge in [0.2, 0.25) is 0 Å². The fourth-order valence-electron chi connectivity index (χ4n) is 3.33. The second-order valence-electron chi connectivity index (χ2n) is 8.08. The molecule has 1 aromatic carbocycles. The van der Waals surface area contributed by atoms with E-state index in [2.05, 4.69) is 0 Å². The average molecular weight is 422 g/mol. The first kappa shape index (κ1) is 21.1. The first-order valence-corrected chi connectivity index (χ1v) is 10.9. The molecule has 1 unspecified atom stereocenters. The summed E-state index contributed by atoms with van der Waals surface area (Å²) in [5.74, 6) is 0. The lowest BCUT2D eigenvalue weighted by Gasteiger charge is -2.36. The van der Waals surface area contributed by atoms with Crippen molar-refractivity contribution in [3.05, 3.63) is 50.4 Å². The molecule has 0 aliphatic carbocycles. The van der Waals surface area contributed by atoms with Gasteiger partial charge in [0.15, 0.2) is 0 Å². The normalized spacial score (nSPS) is 16.8. The maximum Gasteiger partial charge on any atom is 0.410 e. The molecule has 7 heteroatoms. The van der Waals surface area contributed by atoms with Crippen LogP contribution in [0.1, 0.15) is 54.4 Å². The van der Waals surface area contributed by atoms with Crippen LogP contribution in [0.3, 0.4) is 0 Å². The maximum absolute atomic E-state index is 12.9. The number of hydrogen-bond acceptors (Lipinski definition) is 5. The third-order valence-corrected chi connectivity index (χ3v) is 6.05. The van der Waals surface area contributed by atoms with Gasteiger partial charge in [-0.15, -0.1) is 11.3 Å². The predicted molar refractivity (Wildman–Crippen MR) is 114 cm³/mol. The molecule has 2 aromatic rings. The lowest BCUT2D eigenvalue weighted by Crippen LogP contribution is -2.43. The molecule has 1 aliphatic heterocycles. The van der Waals surface area contributed by atoms with Crippen LogP contribution in [0, 0.1) is 0 Å². The molecule has 1 aliphatic rings. The molecule has 0 spiro atoms. The Morgan fingerprint density at radius 1 is 1.36 bits per heavy atom. The van der Waals surface area contributed by atoms with Crippen molar-refractivity contribution in [2.24, 2.45) is 5.73 Å². The number of ether oxygens (including phenoxy) is 1. The summed E-state index contributed by atoms with van der Waals surface area (Å²) in [6, 6.07) is 7.64. The van der Waals surface area contributed by atoms with Crippen LogP contribution < -0.4 is 5.73 Å². The van der Waals surface area contributed by atoms with E-state index in [9.17, 15) is 4.79 Å². The fraction of sp³-hybridized carbons (Fsp3) is 0.524. The number of rotatable bonds is 5. The Labute approximate surface area is 175 Å². The van der Waals surface area contributed by atoms with Crippen molar-refractivity contribution in [1.82, 2.24) is 9.88 Å². The van der Waals surface area contributed by atoms with E-state index >= 15 is 0 Å². The topological polar surface area (TPSA) is 68.5 Å². The van der Waals surface area contributed by atoms with Gasteiger partial charge < -0.3 is 10.5 Å². The van der Waals surface area contributed by atoms with Gasteiger partial charge in [-0.05, 0) is 57.9 Å². The van der Waals surface area contributed by atoms with E-state index in [1.165, 1.54) is 4.88 Å². The van der Waals surface area contributed by atoms with Gasteiger partial charge in [-0.1, -0.05) is 23.7 Å². The molecule has 0 saturated carbocycles. The zero-order valence-corrected chi connectivity index (χ0v) is 18.3. The van der Waals surface area contributed by atoms with Crippen molar-refractivity contribution in [2.75, 3.05) is 13.1 Å². The van der Waals surface area contributed by atoms with Crippen LogP contribution in [0.4, 0.5) is 4.79 Å². The monoisotopic (exact) mass is 421 g/mol. The summed E-state index contributed by atoms with van der Waals surface area (Å²) >= 11 is 7.79. The second kappa shape index (κ2) is 8.80. The molecule has 1 atom stereocenters. The van der Waals surface area contributed by atoms with E-state index in [4.69, 9.17) is 27.1 Å². The van der Waals surface area contributed by atoms with Crippen LogP contribution in [0.2, 0.25) is 5.02 Å². The fourth-order valence-corrected chi connectivity index (χ4v) is 4.61. The highest BCUT2D eigenvalue weighted by Gasteiger charge is 2.36. The van der Waals surface area contributed by atoms with E-state index < -0.39 is 5.60 Å². The summed E-state index contributed by atoms with van der Waals surface area (Å²) in [6.45, 7) is 6.97. The van der Waals surface area contributed by atoms with Gasteiger partial charge in [-0.3, -0.25) is 4.90 Å². The number of aryl methyl sites for hydroxylation is 1. The van der Waals surface area contributed by atoms with Gasteiger partial charge in [-0.25, -0.2) is 9.78 Å². The minimum Gasteiger partial charge on any atom is -0.444 e. The van der Waals surface area contributed by atoms with E-state index in [0.29, 0.717) is 24.5 Å². The zero-order valence-electron chi connectivity index (χ0n) is 16.7. The SMILES string of the molecule is CC(C)(C)OC(=O)N1CCc2sc(CCCN)nc2C1Cc1ccc(Cl)cc1. The first-order chi connectivity index (χ1) is 13.3. The highest BCUT2D eigenvalue weighted by atomic mass is 35.5. The summed E-state index contributed by atoms with van der Waals surface area (Å²) < 4.78 is 5.68. The number of nitrogens with zero attached hydrogens (tertiary/aromatic N) is 2. The van der Waals surface area contributed by atoms with Crippen molar-refractivity contribution in [2.45, 2.75) is 58.1 Å². The Balaban J connectivity index is 1.90. The van der Waals surface area contributed by atoms with Crippen LogP contribution in [-0.4, -0.2) is 34.7 Å². The van der Waals surface area contributed by atoms with Crippen LogP contribution >= 0.6 is 22.9 Å². The Hall–Kier alpha value is -1.63. The van der Waals surface area contributed by atoms with E-state index in [1.54, 1.807) is 11.3 Å². The zero-order chi connectivity index (χ0) is 20.3. The van der Waals surface area contributed by atoms with E-state index in [-0.39, 0.29) is 12.1 Å². The number of hydrogen-bond donors (Lipinski definition) is 1. The van der Waals surface area contributed by atoms with Crippen molar-refractivity contribution in [3.8, 4) is 0 Å². The number of thiazole rings is 1. The van der Waals surface area contributed by atoms with E-state index in [1.807, 2.05) is 49.9 Å². The summed E-state index contributed by atoms with van der Waals surface area (Å²) in [7, 11) is 0. The molecule has 1 amide bonds. The lowest BCUT2D eigenvalue weighted by atomic mass is 9.97. The Morgan fingerprint density at radius 2 is 2.07 bits per heavy atom. The van der Waals surface area contributed by atoms with Gasteiger partial charge in [0.1, 0.15) is 5.60 Å². The smallest absolute Gasteiger partial charge is 0.410 e. The lowest BCUT2D eigenvalue weighted by molar-refractivity contribution is 0.0138. The largest absolute Gasteiger partial charge is 0.444 e. The minimum atomic E-state index is -0.531. The Kier molecular flexibility index (Phi) is 6.63. The maximum atomic E-state index is 12.9. The highest BCUT2D eigenvalue weighted by molar-refractivity contribution is 7.11. The van der Waals surface area contributed by atoms with Gasteiger partial charge >= 0.3 is 6.09 Å². The number of aromatic nitrogens is 1. The van der Waals surface area contributed by atoms with Crippen molar-refractivity contribution >= 4 is 29.0 Å². The minimum absolute atomic E-state index is 0.136. The van der Waals surface area contributed by atoms with Crippen molar-refractivity contribution in [3.63, 3.8) is 0 Å². The molecule has 2 N–H and O–H groups in total. The van der Waals surface area contributed by atoms with Crippen molar-refractivity contribution in [1.29, 1.82) is 0 Å². The van der Waals surface area contributed by atoms with Crippen LogP contribution in [0.25, 0.3) is 0 Å². The first-order valence-electron chi connectivity index (χ1n) is 9.69. The van der Waals surface area contributed by atoms with Gasteiger partial charge in [-0.2, -0.15) is 0 Å². The van der Waals surface area contributed by atoms with Crippen LogP contribution in [0.15, 0.2) is 24.3 Å². The number of halogens is 1. The summed E-state index contributed by atoms with van der Waals surface area (Å²) in [5, 5.41) is 1.80.